The lowest BCUT2D eigenvalue weighted by molar-refractivity contribution is -0.123. The minimum absolute atomic E-state index is 0.0876. The standard InChI is InChI=1S/C20H20N6O2/c27-18(11-14-5-2-1-3-6-14)21-13-19(28)22-16-8-4-7-15(12-16)20-23-24-25-26(20)17-9-10-17/h1-8,12,17H,9-11,13H2,(H,21,27)(H,22,28). The van der Waals surface area contributed by atoms with Crippen LogP contribution in [0.4, 0.5) is 5.69 Å². The van der Waals surface area contributed by atoms with Gasteiger partial charge in [0, 0.05) is 11.3 Å². The van der Waals surface area contributed by atoms with E-state index in [4.69, 9.17) is 0 Å². The number of carbonyl (C=O) groups excluding carboxylic acids is 2. The van der Waals surface area contributed by atoms with Crippen molar-refractivity contribution < 1.29 is 9.59 Å². The highest BCUT2D eigenvalue weighted by Crippen LogP contribution is 2.36. The van der Waals surface area contributed by atoms with Gasteiger partial charge in [0.1, 0.15) is 0 Å². The number of anilines is 1. The molecular weight excluding hydrogens is 356 g/mol. The average Bonchev–Trinajstić information content (AvgIpc) is 3.44. The Morgan fingerprint density at radius 1 is 1.04 bits per heavy atom. The van der Waals surface area contributed by atoms with E-state index in [9.17, 15) is 9.59 Å². The highest BCUT2D eigenvalue weighted by Gasteiger charge is 2.28. The smallest absolute Gasteiger partial charge is 0.243 e. The molecule has 1 aliphatic carbocycles. The summed E-state index contributed by atoms with van der Waals surface area (Å²) < 4.78 is 1.82. The number of amides is 2. The van der Waals surface area contributed by atoms with E-state index in [2.05, 4.69) is 26.2 Å². The van der Waals surface area contributed by atoms with Gasteiger partial charge in [-0.15, -0.1) is 5.10 Å². The van der Waals surface area contributed by atoms with Crippen molar-refractivity contribution in [3.63, 3.8) is 0 Å². The third-order valence-corrected chi connectivity index (χ3v) is 4.44. The molecule has 0 bridgehead atoms. The third kappa shape index (κ3) is 4.40. The molecule has 1 aromatic heterocycles. The minimum atomic E-state index is -0.291. The van der Waals surface area contributed by atoms with E-state index in [1.165, 1.54) is 0 Å². The summed E-state index contributed by atoms with van der Waals surface area (Å²) in [6.45, 7) is -0.0876. The van der Waals surface area contributed by atoms with Crippen molar-refractivity contribution in [2.24, 2.45) is 0 Å². The van der Waals surface area contributed by atoms with Crippen molar-refractivity contribution in [1.29, 1.82) is 0 Å². The summed E-state index contributed by atoms with van der Waals surface area (Å²) >= 11 is 0. The lowest BCUT2D eigenvalue weighted by Gasteiger charge is -2.09. The summed E-state index contributed by atoms with van der Waals surface area (Å²) in [7, 11) is 0. The second kappa shape index (κ2) is 7.99. The zero-order valence-electron chi connectivity index (χ0n) is 15.2. The second-order valence-electron chi connectivity index (χ2n) is 6.75. The van der Waals surface area contributed by atoms with Gasteiger partial charge in [-0.1, -0.05) is 42.5 Å². The van der Waals surface area contributed by atoms with E-state index >= 15 is 0 Å². The Hall–Kier alpha value is -3.55. The molecule has 0 atom stereocenters. The van der Waals surface area contributed by atoms with Gasteiger partial charge in [0.05, 0.1) is 19.0 Å². The lowest BCUT2D eigenvalue weighted by Crippen LogP contribution is -2.33. The number of carbonyl (C=O) groups is 2. The molecule has 1 heterocycles. The molecule has 142 valence electrons. The summed E-state index contributed by atoms with van der Waals surface area (Å²) in [5.74, 6) is 0.203. The Morgan fingerprint density at radius 2 is 1.86 bits per heavy atom. The summed E-state index contributed by atoms with van der Waals surface area (Å²) in [6.07, 6.45) is 2.40. The van der Waals surface area contributed by atoms with Crippen molar-refractivity contribution in [2.75, 3.05) is 11.9 Å². The van der Waals surface area contributed by atoms with Crippen LogP contribution in [-0.4, -0.2) is 38.6 Å². The molecule has 2 amide bonds. The molecule has 2 N–H and O–H groups in total. The van der Waals surface area contributed by atoms with Gasteiger partial charge < -0.3 is 10.6 Å². The zero-order valence-corrected chi connectivity index (χ0v) is 15.2. The minimum Gasteiger partial charge on any atom is -0.347 e. The molecule has 2 aromatic carbocycles. The Kier molecular flexibility index (Phi) is 5.09. The molecule has 0 unspecified atom stereocenters. The number of hydrogen-bond donors (Lipinski definition) is 2. The highest BCUT2D eigenvalue weighted by atomic mass is 16.2. The van der Waals surface area contributed by atoms with Gasteiger partial charge in [0.25, 0.3) is 0 Å². The van der Waals surface area contributed by atoms with E-state index in [1.54, 1.807) is 6.07 Å². The molecule has 0 saturated heterocycles. The predicted molar refractivity (Wildman–Crippen MR) is 103 cm³/mol. The monoisotopic (exact) mass is 376 g/mol. The lowest BCUT2D eigenvalue weighted by atomic mass is 10.1. The Labute approximate surface area is 162 Å². The van der Waals surface area contributed by atoms with Crippen molar-refractivity contribution >= 4 is 17.5 Å². The van der Waals surface area contributed by atoms with Crippen LogP contribution in [0.2, 0.25) is 0 Å². The fourth-order valence-corrected chi connectivity index (χ4v) is 2.91. The van der Waals surface area contributed by atoms with Gasteiger partial charge in [-0.3, -0.25) is 9.59 Å². The van der Waals surface area contributed by atoms with E-state index in [1.807, 2.05) is 53.2 Å². The molecule has 1 aliphatic rings. The van der Waals surface area contributed by atoms with Crippen LogP contribution < -0.4 is 10.6 Å². The molecule has 0 aliphatic heterocycles. The third-order valence-electron chi connectivity index (χ3n) is 4.44. The molecule has 1 saturated carbocycles. The Bertz CT molecular complexity index is 981. The summed E-state index contributed by atoms with van der Waals surface area (Å²) in [4.78, 5) is 24.2. The summed E-state index contributed by atoms with van der Waals surface area (Å²) in [6, 6.07) is 17.1. The first-order chi connectivity index (χ1) is 13.7. The molecule has 28 heavy (non-hydrogen) atoms. The van der Waals surface area contributed by atoms with E-state index in [0.717, 1.165) is 24.0 Å². The maximum atomic E-state index is 12.2. The largest absolute Gasteiger partial charge is 0.347 e. The van der Waals surface area contributed by atoms with Crippen LogP contribution in [0.5, 0.6) is 0 Å². The number of rotatable bonds is 7. The Morgan fingerprint density at radius 3 is 2.64 bits per heavy atom. The van der Waals surface area contributed by atoms with Crippen LogP contribution in [-0.2, 0) is 16.0 Å². The van der Waals surface area contributed by atoms with Crippen LogP contribution in [0.3, 0.4) is 0 Å². The average molecular weight is 376 g/mol. The van der Waals surface area contributed by atoms with Gasteiger partial charge in [-0.25, -0.2) is 4.68 Å². The Balaban J connectivity index is 1.33. The number of tetrazole rings is 1. The van der Waals surface area contributed by atoms with Crippen LogP contribution in [0, 0.1) is 0 Å². The predicted octanol–water partition coefficient (Wildman–Crippen LogP) is 1.97. The molecule has 8 heteroatoms. The first-order valence-corrected chi connectivity index (χ1v) is 9.18. The van der Waals surface area contributed by atoms with E-state index < -0.39 is 0 Å². The van der Waals surface area contributed by atoms with Crippen LogP contribution in [0.25, 0.3) is 11.4 Å². The van der Waals surface area contributed by atoms with E-state index in [0.29, 0.717) is 17.6 Å². The van der Waals surface area contributed by atoms with Crippen LogP contribution in [0.15, 0.2) is 54.6 Å². The fraction of sp³-hybridized carbons (Fsp3) is 0.250. The van der Waals surface area contributed by atoms with Gasteiger partial charge in [0.2, 0.25) is 11.8 Å². The van der Waals surface area contributed by atoms with Gasteiger partial charge in [-0.05, 0) is 41.0 Å². The molecule has 0 radical (unpaired) electrons. The van der Waals surface area contributed by atoms with Gasteiger partial charge >= 0.3 is 0 Å². The van der Waals surface area contributed by atoms with Crippen LogP contribution in [0.1, 0.15) is 24.4 Å². The first-order valence-electron chi connectivity index (χ1n) is 9.18. The SMILES string of the molecule is O=C(Cc1ccccc1)NCC(=O)Nc1cccc(-c2nnnn2C2CC2)c1. The highest BCUT2D eigenvalue weighted by molar-refractivity contribution is 5.95. The molecule has 3 aromatic rings. The van der Waals surface area contributed by atoms with Crippen molar-refractivity contribution in [1.82, 2.24) is 25.5 Å². The maximum absolute atomic E-state index is 12.2. The summed E-state index contributed by atoms with van der Waals surface area (Å²) in [5, 5.41) is 17.3. The van der Waals surface area contributed by atoms with Crippen LogP contribution >= 0.6 is 0 Å². The molecule has 1 fully saturated rings. The number of nitrogens with zero attached hydrogens (tertiary/aromatic N) is 4. The van der Waals surface area contributed by atoms with E-state index in [-0.39, 0.29) is 24.8 Å². The molecule has 8 nitrogen and oxygen atoms in total. The van der Waals surface area contributed by atoms with Crippen molar-refractivity contribution in [2.45, 2.75) is 25.3 Å². The number of aromatic nitrogens is 4. The normalized spacial score (nSPS) is 13.1. The van der Waals surface area contributed by atoms with Gasteiger partial charge in [-0.2, -0.15) is 0 Å². The van der Waals surface area contributed by atoms with Crippen molar-refractivity contribution in [3.05, 3.63) is 60.2 Å². The molecule has 0 spiro atoms. The zero-order chi connectivity index (χ0) is 19.3. The fourth-order valence-electron chi connectivity index (χ4n) is 2.91. The quantitative estimate of drug-likeness (QED) is 0.656. The number of benzene rings is 2. The molecule has 4 rings (SSSR count). The maximum Gasteiger partial charge on any atom is 0.243 e. The van der Waals surface area contributed by atoms with Gasteiger partial charge in [0.15, 0.2) is 5.82 Å². The summed E-state index contributed by atoms with van der Waals surface area (Å²) in [5.41, 5.74) is 2.37. The van der Waals surface area contributed by atoms with Crippen molar-refractivity contribution in [3.8, 4) is 11.4 Å². The first kappa shape index (κ1) is 17.8. The molecular formula is C20H20N6O2. The second-order valence-corrected chi connectivity index (χ2v) is 6.75. The topological polar surface area (TPSA) is 102 Å². The number of hydrogen-bond acceptors (Lipinski definition) is 5. The number of nitrogens with one attached hydrogen (secondary N) is 2.